The lowest BCUT2D eigenvalue weighted by molar-refractivity contribution is -0.126. The minimum absolute atomic E-state index is 0.140. The largest absolute Gasteiger partial charge is 0.353 e. The van der Waals surface area contributed by atoms with Crippen molar-refractivity contribution in [3.05, 3.63) is 34.3 Å². The first-order valence-electron chi connectivity index (χ1n) is 6.90. The van der Waals surface area contributed by atoms with E-state index in [1.165, 1.54) is 5.56 Å². The van der Waals surface area contributed by atoms with Crippen LogP contribution < -0.4 is 10.6 Å². The van der Waals surface area contributed by atoms with Crippen LogP contribution >= 0.6 is 15.9 Å². The van der Waals surface area contributed by atoms with Gasteiger partial charge in [0.05, 0.1) is 5.92 Å². The first-order chi connectivity index (χ1) is 9.15. The molecule has 0 bridgehead atoms. The number of benzene rings is 1. The molecule has 0 spiro atoms. The summed E-state index contributed by atoms with van der Waals surface area (Å²) in [6.45, 7) is 3.92. The summed E-state index contributed by atoms with van der Waals surface area (Å²) in [7, 11) is 0. The number of amides is 1. The fourth-order valence-corrected chi connectivity index (χ4v) is 2.73. The molecule has 1 aromatic rings. The second kappa shape index (κ2) is 7.06. The molecule has 3 nitrogen and oxygen atoms in total. The zero-order chi connectivity index (χ0) is 13.7. The smallest absolute Gasteiger partial charge is 0.224 e. The highest BCUT2D eigenvalue weighted by Crippen LogP contribution is 2.13. The molecule has 2 rings (SSSR count). The van der Waals surface area contributed by atoms with Crippen molar-refractivity contribution in [3.8, 4) is 0 Å². The third-order valence-electron chi connectivity index (χ3n) is 3.51. The summed E-state index contributed by atoms with van der Waals surface area (Å²) in [4.78, 5) is 12.1. The Labute approximate surface area is 123 Å². The lowest BCUT2D eigenvalue weighted by Gasteiger charge is -2.24. The second-order valence-corrected chi connectivity index (χ2v) is 6.20. The number of halogens is 1. The predicted octanol–water partition coefficient (Wildman–Crippen LogP) is 2.50. The van der Waals surface area contributed by atoms with Gasteiger partial charge in [0, 0.05) is 17.1 Å². The maximum absolute atomic E-state index is 12.1. The van der Waals surface area contributed by atoms with E-state index in [1.54, 1.807) is 0 Å². The lowest BCUT2D eigenvalue weighted by Crippen LogP contribution is -2.44. The molecule has 19 heavy (non-hydrogen) atoms. The van der Waals surface area contributed by atoms with Crippen LogP contribution in [0.2, 0.25) is 0 Å². The van der Waals surface area contributed by atoms with Crippen molar-refractivity contribution < 1.29 is 4.79 Å². The van der Waals surface area contributed by atoms with Crippen molar-refractivity contribution in [1.29, 1.82) is 0 Å². The molecule has 0 aromatic heterocycles. The van der Waals surface area contributed by atoms with Crippen LogP contribution in [-0.2, 0) is 11.2 Å². The molecule has 1 fully saturated rings. The molecule has 0 aliphatic carbocycles. The molecule has 1 unspecified atom stereocenters. The fraction of sp³-hybridized carbons (Fsp3) is 0.533. The Morgan fingerprint density at radius 2 is 2.21 bits per heavy atom. The zero-order valence-electron chi connectivity index (χ0n) is 11.3. The van der Waals surface area contributed by atoms with E-state index >= 15 is 0 Å². The van der Waals surface area contributed by atoms with Gasteiger partial charge in [-0.05, 0) is 50.4 Å². The van der Waals surface area contributed by atoms with Gasteiger partial charge in [-0.15, -0.1) is 0 Å². The number of piperidine rings is 1. The molecule has 104 valence electrons. The van der Waals surface area contributed by atoms with Gasteiger partial charge in [-0.25, -0.2) is 0 Å². The van der Waals surface area contributed by atoms with Crippen molar-refractivity contribution in [2.45, 2.75) is 32.2 Å². The Morgan fingerprint density at radius 1 is 1.47 bits per heavy atom. The first kappa shape index (κ1) is 14.5. The summed E-state index contributed by atoms with van der Waals surface area (Å²) in [6.07, 6.45) is 2.97. The molecule has 0 saturated carbocycles. The van der Waals surface area contributed by atoms with E-state index in [1.807, 2.05) is 12.1 Å². The summed E-state index contributed by atoms with van der Waals surface area (Å²) in [6, 6.07) is 8.43. The predicted molar refractivity (Wildman–Crippen MR) is 81.0 cm³/mol. The topological polar surface area (TPSA) is 41.1 Å². The molecule has 0 radical (unpaired) electrons. The third kappa shape index (κ3) is 4.62. The second-order valence-electron chi connectivity index (χ2n) is 5.28. The van der Waals surface area contributed by atoms with Crippen molar-refractivity contribution in [2.75, 3.05) is 13.1 Å². The summed E-state index contributed by atoms with van der Waals surface area (Å²) >= 11 is 3.43. The fourth-order valence-electron chi connectivity index (χ4n) is 2.46. The maximum Gasteiger partial charge on any atom is 0.224 e. The Morgan fingerprint density at radius 3 is 2.84 bits per heavy atom. The minimum Gasteiger partial charge on any atom is -0.353 e. The average molecular weight is 325 g/mol. The number of hydrogen-bond donors (Lipinski definition) is 2. The van der Waals surface area contributed by atoms with Crippen LogP contribution in [0.3, 0.4) is 0 Å². The Bertz CT molecular complexity index is 413. The van der Waals surface area contributed by atoms with E-state index < -0.39 is 0 Å². The zero-order valence-corrected chi connectivity index (χ0v) is 12.9. The molecule has 1 aromatic carbocycles. The number of hydrogen-bond acceptors (Lipinski definition) is 2. The quantitative estimate of drug-likeness (QED) is 0.893. The number of nitrogens with one attached hydrogen (secondary N) is 2. The van der Waals surface area contributed by atoms with Crippen molar-refractivity contribution in [3.63, 3.8) is 0 Å². The van der Waals surface area contributed by atoms with E-state index in [0.717, 1.165) is 36.8 Å². The van der Waals surface area contributed by atoms with E-state index in [-0.39, 0.29) is 17.9 Å². The third-order valence-corrected chi connectivity index (χ3v) is 4.04. The Balaban J connectivity index is 1.81. The standard InChI is InChI=1S/C15H21BrN2O/c1-11(9-12-4-6-14(16)7-5-12)18-15(19)13-3-2-8-17-10-13/h4-7,11,13,17H,2-3,8-10H2,1H3,(H,18,19)/t11?,13-/m0/s1. The van der Waals surface area contributed by atoms with Gasteiger partial charge in [0.2, 0.25) is 5.91 Å². The lowest BCUT2D eigenvalue weighted by atomic mass is 9.98. The highest BCUT2D eigenvalue weighted by molar-refractivity contribution is 9.10. The number of rotatable bonds is 4. The number of carbonyl (C=O) groups excluding carboxylic acids is 1. The van der Waals surface area contributed by atoms with E-state index in [9.17, 15) is 4.79 Å². The molecule has 4 heteroatoms. The molecule has 2 atom stereocenters. The van der Waals surface area contributed by atoms with Gasteiger partial charge in [0.25, 0.3) is 0 Å². The molecule has 1 amide bonds. The van der Waals surface area contributed by atoms with Crippen LogP contribution in [-0.4, -0.2) is 25.0 Å². The monoisotopic (exact) mass is 324 g/mol. The normalized spacial score (nSPS) is 20.8. The van der Waals surface area contributed by atoms with Crippen LogP contribution in [0.5, 0.6) is 0 Å². The van der Waals surface area contributed by atoms with E-state index in [2.05, 4.69) is 45.6 Å². The van der Waals surface area contributed by atoms with Crippen LogP contribution in [0, 0.1) is 5.92 Å². The number of carbonyl (C=O) groups is 1. The maximum atomic E-state index is 12.1. The van der Waals surface area contributed by atoms with Gasteiger partial charge >= 0.3 is 0 Å². The van der Waals surface area contributed by atoms with Gasteiger partial charge in [0.1, 0.15) is 0 Å². The molecule has 1 aliphatic heterocycles. The highest BCUT2D eigenvalue weighted by atomic mass is 79.9. The minimum atomic E-state index is 0.140. The van der Waals surface area contributed by atoms with E-state index in [4.69, 9.17) is 0 Å². The summed E-state index contributed by atoms with van der Waals surface area (Å²) in [5.74, 6) is 0.331. The molecular formula is C15H21BrN2O. The summed E-state index contributed by atoms with van der Waals surface area (Å²) in [5.41, 5.74) is 1.25. The molecule has 1 heterocycles. The van der Waals surface area contributed by atoms with Crippen molar-refractivity contribution in [2.24, 2.45) is 5.92 Å². The molecule has 2 N–H and O–H groups in total. The molecule has 1 aliphatic rings. The average Bonchev–Trinajstić information content (AvgIpc) is 2.42. The van der Waals surface area contributed by atoms with Gasteiger partial charge < -0.3 is 10.6 Å². The van der Waals surface area contributed by atoms with Gasteiger partial charge in [-0.1, -0.05) is 28.1 Å². The van der Waals surface area contributed by atoms with Crippen LogP contribution in [0.25, 0.3) is 0 Å². The molecular weight excluding hydrogens is 304 g/mol. The Kier molecular flexibility index (Phi) is 5.40. The van der Waals surface area contributed by atoms with Gasteiger partial charge in [-0.3, -0.25) is 4.79 Å². The Hall–Kier alpha value is -0.870. The first-order valence-corrected chi connectivity index (χ1v) is 7.70. The van der Waals surface area contributed by atoms with Crippen LogP contribution in [0.1, 0.15) is 25.3 Å². The molecule has 1 saturated heterocycles. The van der Waals surface area contributed by atoms with Crippen LogP contribution in [0.15, 0.2) is 28.7 Å². The van der Waals surface area contributed by atoms with Crippen molar-refractivity contribution >= 4 is 21.8 Å². The highest BCUT2D eigenvalue weighted by Gasteiger charge is 2.21. The summed E-state index contributed by atoms with van der Waals surface area (Å²) in [5, 5.41) is 6.40. The van der Waals surface area contributed by atoms with Crippen LogP contribution in [0.4, 0.5) is 0 Å². The SMILES string of the molecule is CC(Cc1ccc(Br)cc1)NC(=O)[C@H]1CCCNC1. The summed E-state index contributed by atoms with van der Waals surface area (Å²) < 4.78 is 1.08. The van der Waals surface area contributed by atoms with Gasteiger partial charge in [-0.2, -0.15) is 0 Å². The van der Waals surface area contributed by atoms with Gasteiger partial charge in [0.15, 0.2) is 0 Å². The van der Waals surface area contributed by atoms with E-state index in [0.29, 0.717) is 0 Å². The van der Waals surface area contributed by atoms with Crippen molar-refractivity contribution in [1.82, 2.24) is 10.6 Å².